The largest absolute Gasteiger partial charge is 0.454 e. The number of hydrogen-bond donors (Lipinski definition) is 2. The van der Waals surface area contributed by atoms with Gasteiger partial charge in [-0.3, -0.25) is 14.4 Å². The Kier molecular flexibility index (Phi) is 6.36. The molecule has 0 heterocycles. The Morgan fingerprint density at radius 2 is 1.50 bits per heavy atom. The maximum atomic E-state index is 12.1. The van der Waals surface area contributed by atoms with Crippen LogP contribution in [0.25, 0.3) is 10.8 Å². The Labute approximate surface area is 162 Å². The minimum absolute atomic E-state index is 0.156. The zero-order valence-corrected chi connectivity index (χ0v) is 15.2. The molecule has 0 saturated heterocycles. The van der Waals surface area contributed by atoms with E-state index in [1.807, 2.05) is 48.5 Å². The number of benzene rings is 3. The van der Waals surface area contributed by atoms with E-state index in [1.165, 1.54) is 0 Å². The normalized spacial score (nSPS) is 10.3. The van der Waals surface area contributed by atoms with Crippen molar-refractivity contribution in [3.05, 3.63) is 78.4 Å². The minimum atomic E-state index is -0.672. The van der Waals surface area contributed by atoms with Crippen molar-refractivity contribution in [1.29, 1.82) is 0 Å². The fourth-order valence-corrected chi connectivity index (χ4v) is 2.77. The number of anilines is 1. The predicted octanol–water partition coefficient (Wildman–Crippen LogP) is 2.68. The third kappa shape index (κ3) is 5.41. The molecule has 0 atom stereocenters. The van der Waals surface area contributed by atoms with Crippen LogP contribution < -0.4 is 10.6 Å². The summed E-state index contributed by atoms with van der Waals surface area (Å²) < 4.78 is 4.88. The molecule has 0 aliphatic rings. The van der Waals surface area contributed by atoms with Crippen LogP contribution in [0, 0.1) is 0 Å². The van der Waals surface area contributed by atoms with Crippen LogP contribution in [0.2, 0.25) is 0 Å². The van der Waals surface area contributed by atoms with E-state index in [0.29, 0.717) is 5.69 Å². The fourth-order valence-electron chi connectivity index (χ4n) is 2.77. The predicted molar refractivity (Wildman–Crippen MR) is 107 cm³/mol. The van der Waals surface area contributed by atoms with Crippen molar-refractivity contribution in [1.82, 2.24) is 5.32 Å². The SMILES string of the molecule is O=C(Cc1cccc2ccccc12)NCC(=O)OCC(=O)Nc1ccccc1. The van der Waals surface area contributed by atoms with Gasteiger partial charge in [-0.15, -0.1) is 0 Å². The second-order valence-corrected chi connectivity index (χ2v) is 6.17. The highest BCUT2D eigenvalue weighted by Gasteiger charge is 2.11. The van der Waals surface area contributed by atoms with Gasteiger partial charge in [0, 0.05) is 5.69 Å². The van der Waals surface area contributed by atoms with Crippen LogP contribution in [0.5, 0.6) is 0 Å². The molecule has 28 heavy (non-hydrogen) atoms. The lowest BCUT2D eigenvalue weighted by Gasteiger charge is -2.09. The van der Waals surface area contributed by atoms with E-state index in [1.54, 1.807) is 24.3 Å². The van der Waals surface area contributed by atoms with Crippen molar-refractivity contribution >= 4 is 34.2 Å². The highest BCUT2D eigenvalue weighted by atomic mass is 16.5. The van der Waals surface area contributed by atoms with E-state index in [-0.39, 0.29) is 18.9 Å². The summed E-state index contributed by atoms with van der Waals surface area (Å²) in [7, 11) is 0. The average molecular weight is 376 g/mol. The molecule has 0 fully saturated rings. The molecule has 3 aromatic rings. The number of amides is 2. The number of rotatable bonds is 7. The molecule has 0 aromatic heterocycles. The molecule has 2 amide bonds. The lowest BCUT2D eigenvalue weighted by molar-refractivity contribution is -0.147. The zero-order chi connectivity index (χ0) is 19.8. The van der Waals surface area contributed by atoms with Crippen LogP contribution in [0.1, 0.15) is 5.56 Å². The van der Waals surface area contributed by atoms with Gasteiger partial charge in [0.25, 0.3) is 5.91 Å². The molecule has 0 aliphatic carbocycles. The van der Waals surface area contributed by atoms with E-state index >= 15 is 0 Å². The van der Waals surface area contributed by atoms with E-state index in [2.05, 4.69) is 10.6 Å². The summed E-state index contributed by atoms with van der Waals surface area (Å²) in [5.74, 6) is -1.40. The number of ether oxygens (including phenoxy) is 1. The van der Waals surface area contributed by atoms with Gasteiger partial charge >= 0.3 is 5.97 Å². The summed E-state index contributed by atoms with van der Waals surface area (Å²) in [6.45, 7) is -0.699. The maximum Gasteiger partial charge on any atom is 0.325 e. The van der Waals surface area contributed by atoms with Gasteiger partial charge in [-0.25, -0.2) is 0 Å². The number of nitrogens with one attached hydrogen (secondary N) is 2. The van der Waals surface area contributed by atoms with Crippen LogP contribution in [0.4, 0.5) is 5.69 Å². The van der Waals surface area contributed by atoms with Crippen LogP contribution in [-0.2, 0) is 25.5 Å². The summed E-state index contributed by atoms with van der Waals surface area (Å²) in [4.78, 5) is 35.6. The number of esters is 1. The van der Waals surface area contributed by atoms with Crippen molar-refractivity contribution in [3.8, 4) is 0 Å². The van der Waals surface area contributed by atoms with Gasteiger partial charge in [0.1, 0.15) is 6.54 Å². The summed E-state index contributed by atoms with van der Waals surface area (Å²) in [6, 6.07) is 22.4. The summed E-state index contributed by atoms with van der Waals surface area (Å²) in [5, 5.41) is 7.18. The minimum Gasteiger partial charge on any atom is -0.454 e. The first-order chi connectivity index (χ1) is 13.6. The first-order valence-electron chi connectivity index (χ1n) is 8.85. The van der Waals surface area contributed by atoms with Gasteiger partial charge in [0.2, 0.25) is 5.91 Å². The topological polar surface area (TPSA) is 84.5 Å². The standard InChI is InChI=1S/C22H20N2O4/c25-20(13-17-9-6-8-16-7-4-5-12-19(16)17)23-14-22(27)28-15-21(26)24-18-10-2-1-3-11-18/h1-12H,13-15H2,(H,23,25)(H,24,26). The highest BCUT2D eigenvalue weighted by molar-refractivity contribution is 5.93. The Hall–Kier alpha value is -3.67. The van der Waals surface area contributed by atoms with Crippen LogP contribution >= 0.6 is 0 Å². The van der Waals surface area contributed by atoms with Crippen LogP contribution in [-0.4, -0.2) is 30.9 Å². The van der Waals surface area contributed by atoms with Gasteiger partial charge in [0.15, 0.2) is 6.61 Å². The molecule has 0 bridgehead atoms. The van der Waals surface area contributed by atoms with E-state index in [4.69, 9.17) is 4.74 Å². The molecule has 0 aliphatic heterocycles. The average Bonchev–Trinajstić information content (AvgIpc) is 2.72. The smallest absolute Gasteiger partial charge is 0.325 e. The third-order valence-corrected chi connectivity index (χ3v) is 4.08. The summed E-state index contributed by atoms with van der Waals surface area (Å²) >= 11 is 0. The molecule has 0 unspecified atom stereocenters. The quantitative estimate of drug-likeness (QED) is 0.621. The molecule has 0 saturated carbocycles. The number of carbonyl (C=O) groups excluding carboxylic acids is 3. The molecule has 3 aromatic carbocycles. The van der Waals surface area contributed by atoms with Crippen molar-refractivity contribution in [2.24, 2.45) is 0 Å². The van der Waals surface area contributed by atoms with Crippen LogP contribution in [0.3, 0.4) is 0 Å². The van der Waals surface area contributed by atoms with Gasteiger partial charge in [-0.1, -0.05) is 60.7 Å². The molecule has 3 rings (SSSR count). The molecule has 6 heteroatoms. The van der Waals surface area contributed by atoms with Gasteiger partial charge in [0.05, 0.1) is 6.42 Å². The number of carbonyl (C=O) groups is 3. The monoisotopic (exact) mass is 376 g/mol. The number of hydrogen-bond acceptors (Lipinski definition) is 4. The van der Waals surface area contributed by atoms with Crippen LogP contribution in [0.15, 0.2) is 72.8 Å². The first-order valence-corrected chi connectivity index (χ1v) is 8.85. The molecule has 6 nitrogen and oxygen atoms in total. The zero-order valence-electron chi connectivity index (χ0n) is 15.2. The molecular weight excluding hydrogens is 356 g/mol. The number of para-hydroxylation sites is 1. The second kappa shape index (κ2) is 9.32. The van der Waals surface area contributed by atoms with Gasteiger partial charge < -0.3 is 15.4 Å². The molecule has 0 radical (unpaired) electrons. The van der Waals surface area contributed by atoms with Crippen molar-refractivity contribution in [2.75, 3.05) is 18.5 Å². The van der Waals surface area contributed by atoms with E-state index in [9.17, 15) is 14.4 Å². The van der Waals surface area contributed by atoms with Crippen molar-refractivity contribution in [2.45, 2.75) is 6.42 Å². The first kappa shape index (κ1) is 19.1. The Morgan fingerprint density at radius 1 is 0.786 bits per heavy atom. The van der Waals surface area contributed by atoms with E-state index < -0.39 is 18.5 Å². The molecular formula is C22H20N2O4. The summed E-state index contributed by atoms with van der Waals surface area (Å²) in [5.41, 5.74) is 1.50. The molecule has 2 N–H and O–H groups in total. The fraction of sp³-hybridized carbons (Fsp3) is 0.136. The number of fused-ring (bicyclic) bond motifs is 1. The molecule has 0 spiro atoms. The Balaban J connectivity index is 1.43. The second-order valence-electron chi connectivity index (χ2n) is 6.17. The van der Waals surface area contributed by atoms with Crippen molar-refractivity contribution in [3.63, 3.8) is 0 Å². The molecule has 142 valence electrons. The lowest BCUT2D eigenvalue weighted by Crippen LogP contribution is -2.33. The van der Waals surface area contributed by atoms with Crippen molar-refractivity contribution < 1.29 is 19.1 Å². The Morgan fingerprint density at radius 3 is 2.32 bits per heavy atom. The van der Waals surface area contributed by atoms with Gasteiger partial charge in [-0.05, 0) is 28.5 Å². The third-order valence-electron chi connectivity index (χ3n) is 4.08. The van der Waals surface area contributed by atoms with E-state index in [0.717, 1.165) is 16.3 Å². The Bertz CT molecular complexity index is 981. The highest BCUT2D eigenvalue weighted by Crippen LogP contribution is 2.18. The summed E-state index contributed by atoms with van der Waals surface area (Å²) in [6.07, 6.45) is 0.156. The lowest BCUT2D eigenvalue weighted by atomic mass is 10.0. The maximum absolute atomic E-state index is 12.1. The van der Waals surface area contributed by atoms with Gasteiger partial charge in [-0.2, -0.15) is 0 Å².